The fraction of sp³-hybridized carbons (Fsp3) is 0.333. The smallest absolute Gasteiger partial charge is 0.299 e. The zero-order valence-corrected chi connectivity index (χ0v) is 18.4. The maximum absolute atomic E-state index is 12.5. The van der Waals surface area contributed by atoms with Crippen LogP contribution in [0.15, 0.2) is 40.8 Å². The Morgan fingerprint density at radius 1 is 0.935 bits per heavy atom. The van der Waals surface area contributed by atoms with E-state index in [-0.39, 0.29) is 24.5 Å². The monoisotopic (exact) mass is 419 g/mol. The Hall–Kier alpha value is -3.48. The maximum atomic E-state index is 12.5. The van der Waals surface area contributed by atoms with Crippen molar-refractivity contribution in [1.82, 2.24) is 10.2 Å². The Balaban J connectivity index is 1.45. The number of hydrogen-bond donors (Lipinski definition) is 0. The molecule has 0 bridgehead atoms. The minimum absolute atomic E-state index is 0.0369. The minimum Gasteiger partial charge on any atom is -0.484 e. The summed E-state index contributed by atoms with van der Waals surface area (Å²) in [7, 11) is 0. The highest BCUT2D eigenvalue weighted by atomic mass is 16.5. The van der Waals surface area contributed by atoms with Crippen molar-refractivity contribution in [1.29, 1.82) is 0 Å². The zero-order chi connectivity index (χ0) is 22.3. The number of nitrogens with zero attached hydrogens (tertiary/aromatic N) is 3. The molecule has 4 rings (SSSR count). The van der Waals surface area contributed by atoms with Crippen molar-refractivity contribution in [2.75, 3.05) is 4.90 Å². The van der Waals surface area contributed by atoms with Crippen LogP contribution in [0.4, 0.5) is 5.69 Å². The third-order valence-electron chi connectivity index (χ3n) is 5.41. The van der Waals surface area contributed by atoms with Gasteiger partial charge in [-0.3, -0.25) is 14.5 Å². The molecule has 1 aliphatic heterocycles. The van der Waals surface area contributed by atoms with E-state index in [0.29, 0.717) is 22.9 Å². The second-order valence-electron chi connectivity index (χ2n) is 8.80. The summed E-state index contributed by atoms with van der Waals surface area (Å²) < 4.78 is 11.4. The lowest BCUT2D eigenvalue weighted by Crippen LogP contribution is -2.29. The van der Waals surface area contributed by atoms with E-state index in [1.54, 1.807) is 0 Å². The first kappa shape index (κ1) is 20.8. The molecule has 1 aliphatic rings. The predicted molar refractivity (Wildman–Crippen MR) is 115 cm³/mol. The van der Waals surface area contributed by atoms with Crippen molar-refractivity contribution in [2.24, 2.45) is 0 Å². The molecule has 0 radical (unpaired) electrons. The normalized spacial score (nSPS) is 13.6. The van der Waals surface area contributed by atoms with Gasteiger partial charge in [0.25, 0.3) is 17.6 Å². The Labute approximate surface area is 181 Å². The fourth-order valence-corrected chi connectivity index (χ4v) is 3.65. The molecule has 0 spiro atoms. The number of Topliss-reactive ketones (excluding diaryl/α,β-unsaturated/α-hetero) is 1. The number of ketones is 1. The number of carbonyl (C=O) groups is 2. The van der Waals surface area contributed by atoms with Gasteiger partial charge >= 0.3 is 0 Å². The zero-order valence-electron chi connectivity index (χ0n) is 18.4. The highest BCUT2D eigenvalue weighted by Gasteiger charge is 2.38. The van der Waals surface area contributed by atoms with Gasteiger partial charge in [0, 0.05) is 0 Å². The van der Waals surface area contributed by atoms with Crippen LogP contribution in [0.25, 0.3) is 0 Å². The van der Waals surface area contributed by atoms with Crippen molar-refractivity contribution in [3.63, 3.8) is 0 Å². The summed E-state index contributed by atoms with van der Waals surface area (Å²) in [6, 6.07) is 11.6. The van der Waals surface area contributed by atoms with E-state index in [1.165, 1.54) is 10.5 Å². The van der Waals surface area contributed by atoms with Crippen molar-refractivity contribution in [3.8, 4) is 5.75 Å². The summed E-state index contributed by atoms with van der Waals surface area (Å²) in [5.74, 6) is 0.166. The SMILES string of the molecule is Cc1ccc(C)c2c1C(=O)C(=O)N2Cc1nnc(COc2ccc(C(C)(C)C)cc2)o1. The lowest BCUT2D eigenvalue weighted by Gasteiger charge is -2.19. The van der Waals surface area contributed by atoms with Gasteiger partial charge in [-0.25, -0.2) is 0 Å². The number of amides is 1. The van der Waals surface area contributed by atoms with E-state index in [0.717, 1.165) is 11.1 Å². The third kappa shape index (κ3) is 3.95. The second kappa shape index (κ2) is 7.65. The predicted octanol–water partition coefficient (Wildman–Crippen LogP) is 4.29. The van der Waals surface area contributed by atoms with Gasteiger partial charge in [0.2, 0.25) is 5.89 Å². The van der Waals surface area contributed by atoms with Crippen molar-refractivity contribution in [2.45, 2.75) is 53.2 Å². The standard InChI is InChI=1S/C24H25N3O4/c1-14-6-7-15(2)21-20(14)22(28)23(29)27(21)12-18-25-26-19(31-18)13-30-17-10-8-16(9-11-17)24(3,4)5/h6-11H,12-13H2,1-5H3. The Kier molecular flexibility index (Phi) is 5.13. The molecule has 0 atom stereocenters. The summed E-state index contributed by atoms with van der Waals surface area (Å²) in [6.45, 7) is 10.3. The second-order valence-corrected chi connectivity index (χ2v) is 8.80. The van der Waals surface area contributed by atoms with Gasteiger partial charge < -0.3 is 9.15 Å². The van der Waals surface area contributed by atoms with E-state index >= 15 is 0 Å². The Morgan fingerprint density at radius 2 is 1.58 bits per heavy atom. The first-order valence-electron chi connectivity index (χ1n) is 10.2. The van der Waals surface area contributed by atoms with Crippen LogP contribution in [-0.4, -0.2) is 21.9 Å². The fourth-order valence-electron chi connectivity index (χ4n) is 3.65. The molecule has 1 aromatic heterocycles. The average Bonchev–Trinajstić information content (AvgIpc) is 3.27. The molecule has 160 valence electrons. The summed E-state index contributed by atoms with van der Waals surface area (Å²) in [4.78, 5) is 26.4. The summed E-state index contributed by atoms with van der Waals surface area (Å²) >= 11 is 0. The van der Waals surface area contributed by atoms with E-state index in [4.69, 9.17) is 9.15 Å². The topological polar surface area (TPSA) is 85.5 Å². The van der Waals surface area contributed by atoms with E-state index in [9.17, 15) is 9.59 Å². The van der Waals surface area contributed by atoms with Crippen LogP contribution in [0.2, 0.25) is 0 Å². The van der Waals surface area contributed by atoms with Gasteiger partial charge in [0.15, 0.2) is 6.61 Å². The van der Waals surface area contributed by atoms with Crippen LogP contribution in [-0.2, 0) is 23.4 Å². The van der Waals surface area contributed by atoms with Crippen LogP contribution in [0, 0.1) is 13.8 Å². The van der Waals surface area contributed by atoms with Crippen molar-refractivity contribution >= 4 is 17.4 Å². The first-order valence-corrected chi connectivity index (χ1v) is 10.2. The van der Waals surface area contributed by atoms with Crippen molar-refractivity contribution < 1.29 is 18.7 Å². The molecule has 7 heteroatoms. The number of aryl methyl sites for hydroxylation is 2. The minimum atomic E-state index is -0.581. The van der Waals surface area contributed by atoms with E-state index in [2.05, 4.69) is 31.0 Å². The van der Waals surface area contributed by atoms with Crippen LogP contribution in [0.5, 0.6) is 5.75 Å². The van der Waals surface area contributed by atoms with Gasteiger partial charge in [0.1, 0.15) is 12.3 Å². The van der Waals surface area contributed by atoms with E-state index < -0.39 is 11.7 Å². The Morgan fingerprint density at radius 3 is 2.26 bits per heavy atom. The first-order chi connectivity index (χ1) is 14.6. The molecule has 0 saturated carbocycles. The molecule has 2 heterocycles. The average molecular weight is 419 g/mol. The Bertz CT molecular complexity index is 1160. The van der Waals surface area contributed by atoms with Crippen LogP contribution < -0.4 is 9.64 Å². The largest absolute Gasteiger partial charge is 0.484 e. The number of rotatable bonds is 5. The molecular formula is C24H25N3O4. The molecule has 0 fully saturated rings. The molecule has 31 heavy (non-hydrogen) atoms. The maximum Gasteiger partial charge on any atom is 0.299 e. The number of fused-ring (bicyclic) bond motifs is 1. The summed E-state index contributed by atoms with van der Waals surface area (Å²) in [5, 5.41) is 8.03. The van der Waals surface area contributed by atoms with Gasteiger partial charge in [-0.1, -0.05) is 45.0 Å². The lowest BCUT2D eigenvalue weighted by atomic mass is 9.87. The van der Waals surface area contributed by atoms with Gasteiger partial charge in [-0.15, -0.1) is 10.2 Å². The quantitative estimate of drug-likeness (QED) is 0.574. The molecule has 0 N–H and O–H groups in total. The molecule has 2 aromatic carbocycles. The number of ether oxygens (including phenoxy) is 1. The van der Waals surface area contributed by atoms with Crippen LogP contribution in [0.1, 0.15) is 59.6 Å². The van der Waals surface area contributed by atoms with Gasteiger partial charge in [-0.05, 0) is 48.1 Å². The highest BCUT2D eigenvalue weighted by molar-refractivity contribution is 6.52. The van der Waals surface area contributed by atoms with Crippen LogP contribution >= 0.6 is 0 Å². The number of anilines is 1. The summed E-state index contributed by atoms with van der Waals surface area (Å²) in [6.07, 6.45) is 0. The van der Waals surface area contributed by atoms with E-state index in [1.807, 2.05) is 50.2 Å². The number of carbonyl (C=O) groups excluding carboxylic acids is 2. The molecule has 1 amide bonds. The molecule has 0 saturated heterocycles. The number of benzene rings is 2. The molecule has 3 aromatic rings. The number of aromatic nitrogens is 2. The summed E-state index contributed by atoms with van der Waals surface area (Å²) in [5.41, 5.74) is 3.98. The third-order valence-corrected chi connectivity index (χ3v) is 5.41. The van der Waals surface area contributed by atoms with Gasteiger partial charge in [-0.2, -0.15) is 0 Å². The van der Waals surface area contributed by atoms with Crippen molar-refractivity contribution in [3.05, 3.63) is 70.4 Å². The molecule has 0 unspecified atom stereocenters. The highest BCUT2D eigenvalue weighted by Crippen LogP contribution is 2.35. The van der Waals surface area contributed by atoms with Gasteiger partial charge in [0.05, 0.1) is 11.3 Å². The van der Waals surface area contributed by atoms with Crippen LogP contribution in [0.3, 0.4) is 0 Å². The molecular weight excluding hydrogens is 394 g/mol. The number of hydrogen-bond acceptors (Lipinski definition) is 6. The molecule has 0 aliphatic carbocycles. The molecule has 7 nitrogen and oxygen atoms in total. The lowest BCUT2D eigenvalue weighted by molar-refractivity contribution is -0.114.